The highest BCUT2D eigenvalue weighted by molar-refractivity contribution is 6.25. The molecule has 0 atom stereocenters. The second-order valence-electron chi connectivity index (χ2n) is 6.45. The van der Waals surface area contributed by atoms with Crippen LogP contribution in [0.4, 0.5) is 0 Å². The molecule has 0 aliphatic heterocycles. The van der Waals surface area contributed by atoms with Gasteiger partial charge in [0, 0.05) is 5.54 Å². The molecule has 0 unspecified atom stereocenters. The molecule has 0 rings (SSSR count). The standard InChI is InChI=1S/C20H39Cl/c1-2-3-4-5-6-7-8-9-10-11-12-13-14-15-16-17-18-19-20-21/h19-20H,2-18H2,1H3. The zero-order valence-corrected chi connectivity index (χ0v) is 15.3. The van der Waals surface area contributed by atoms with Gasteiger partial charge in [-0.15, -0.1) is 0 Å². The van der Waals surface area contributed by atoms with Crippen molar-refractivity contribution in [2.24, 2.45) is 0 Å². The molecule has 0 spiro atoms. The summed E-state index contributed by atoms with van der Waals surface area (Å²) in [6.07, 6.45) is 26.2. The van der Waals surface area contributed by atoms with Gasteiger partial charge in [-0.3, -0.25) is 0 Å². The van der Waals surface area contributed by atoms with Gasteiger partial charge in [-0.05, 0) is 12.8 Å². The molecule has 1 heteroatoms. The topological polar surface area (TPSA) is 0 Å². The van der Waals surface area contributed by atoms with E-state index in [2.05, 4.69) is 13.0 Å². The van der Waals surface area contributed by atoms with E-state index in [4.69, 9.17) is 11.6 Å². The normalized spacial score (nSPS) is 11.5. The molecule has 0 nitrogen and oxygen atoms in total. The van der Waals surface area contributed by atoms with Crippen LogP contribution in [0.1, 0.15) is 116 Å². The second-order valence-corrected chi connectivity index (χ2v) is 6.71. The van der Waals surface area contributed by atoms with Gasteiger partial charge in [0.1, 0.15) is 0 Å². The third kappa shape index (κ3) is 20.0. The van der Waals surface area contributed by atoms with E-state index in [0.717, 1.165) is 6.42 Å². The number of unbranched alkanes of at least 4 members (excludes halogenated alkanes) is 16. The third-order valence-electron chi connectivity index (χ3n) is 4.31. The molecule has 0 amide bonds. The van der Waals surface area contributed by atoms with Crippen LogP contribution in [0.15, 0.2) is 11.6 Å². The average molecular weight is 315 g/mol. The molecule has 0 N–H and O–H groups in total. The number of hydrogen-bond acceptors (Lipinski definition) is 0. The van der Waals surface area contributed by atoms with Crippen molar-refractivity contribution >= 4 is 11.6 Å². The van der Waals surface area contributed by atoms with Crippen molar-refractivity contribution in [3.63, 3.8) is 0 Å². The predicted octanol–water partition coefficient (Wildman–Crippen LogP) is 8.39. The van der Waals surface area contributed by atoms with E-state index in [-0.39, 0.29) is 0 Å². The third-order valence-corrected chi connectivity index (χ3v) is 4.49. The largest absolute Gasteiger partial charge is 0.0933 e. The smallest absolute Gasteiger partial charge is 0.000245 e. The van der Waals surface area contributed by atoms with Gasteiger partial charge in [-0.2, -0.15) is 0 Å². The van der Waals surface area contributed by atoms with Crippen LogP contribution in [0.25, 0.3) is 0 Å². The van der Waals surface area contributed by atoms with Crippen molar-refractivity contribution in [1.82, 2.24) is 0 Å². The maximum absolute atomic E-state index is 5.49. The maximum atomic E-state index is 5.49. The molecule has 0 aliphatic carbocycles. The van der Waals surface area contributed by atoms with Crippen LogP contribution < -0.4 is 0 Å². The molecule has 0 aliphatic rings. The maximum Gasteiger partial charge on any atom is 0.000245 e. The summed E-state index contributed by atoms with van der Waals surface area (Å²) in [5.74, 6) is 0. The Balaban J connectivity index is 2.93. The van der Waals surface area contributed by atoms with E-state index in [9.17, 15) is 0 Å². The zero-order valence-electron chi connectivity index (χ0n) is 14.6. The Morgan fingerprint density at radius 1 is 0.524 bits per heavy atom. The predicted molar refractivity (Wildman–Crippen MR) is 99.2 cm³/mol. The lowest BCUT2D eigenvalue weighted by molar-refractivity contribution is 0.530. The number of rotatable bonds is 17. The second kappa shape index (κ2) is 20.0. The van der Waals surface area contributed by atoms with Crippen molar-refractivity contribution < 1.29 is 0 Å². The Hall–Kier alpha value is 0.0300. The molecule has 21 heavy (non-hydrogen) atoms. The number of allylic oxidation sites excluding steroid dienone is 1. The Kier molecular flexibility index (Phi) is 20.1. The zero-order chi connectivity index (χ0) is 15.4. The molecule has 0 aromatic carbocycles. The van der Waals surface area contributed by atoms with Crippen LogP contribution >= 0.6 is 11.6 Å². The van der Waals surface area contributed by atoms with Gasteiger partial charge in [-0.1, -0.05) is 121 Å². The van der Waals surface area contributed by atoms with Gasteiger partial charge in [0.05, 0.1) is 0 Å². The first-order valence-electron chi connectivity index (χ1n) is 9.67. The number of halogens is 1. The quantitative estimate of drug-likeness (QED) is 0.236. The lowest BCUT2D eigenvalue weighted by Gasteiger charge is -2.03. The van der Waals surface area contributed by atoms with Gasteiger partial charge in [0.2, 0.25) is 0 Å². The highest BCUT2D eigenvalue weighted by atomic mass is 35.5. The molecule has 0 aromatic rings. The molecule has 0 fully saturated rings. The van der Waals surface area contributed by atoms with Crippen molar-refractivity contribution in [3.8, 4) is 0 Å². The Labute approximate surface area is 139 Å². The lowest BCUT2D eigenvalue weighted by Crippen LogP contribution is -1.83. The molecular weight excluding hydrogens is 276 g/mol. The molecule has 0 saturated carbocycles. The summed E-state index contributed by atoms with van der Waals surface area (Å²) >= 11 is 5.49. The van der Waals surface area contributed by atoms with Crippen molar-refractivity contribution in [2.75, 3.05) is 0 Å². The van der Waals surface area contributed by atoms with E-state index < -0.39 is 0 Å². The van der Waals surface area contributed by atoms with Crippen LogP contribution in [0.2, 0.25) is 0 Å². The van der Waals surface area contributed by atoms with E-state index in [0.29, 0.717) is 0 Å². The van der Waals surface area contributed by atoms with Gasteiger partial charge in [0.15, 0.2) is 0 Å². The summed E-state index contributed by atoms with van der Waals surface area (Å²) in [5, 5.41) is 0. The monoisotopic (exact) mass is 314 g/mol. The summed E-state index contributed by atoms with van der Waals surface area (Å²) in [7, 11) is 0. The summed E-state index contributed by atoms with van der Waals surface area (Å²) in [6.45, 7) is 2.29. The minimum atomic E-state index is 1.15. The summed E-state index contributed by atoms with van der Waals surface area (Å²) in [4.78, 5) is 0. The van der Waals surface area contributed by atoms with Crippen LogP contribution in [-0.4, -0.2) is 0 Å². The van der Waals surface area contributed by atoms with Crippen LogP contribution in [0.3, 0.4) is 0 Å². The van der Waals surface area contributed by atoms with Crippen LogP contribution in [0.5, 0.6) is 0 Å². The van der Waals surface area contributed by atoms with E-state index in [1.807, 2.05) is 0 Å². The van der Waals surface area contributed by atoms with Crippen molar-refractivity contribution in [3.05, 3.63) is 11.6 Å². The van der Waals surface area contributed by atoms with Gasteiger partial charge >= 0.3 is 0 Å². The van der Waals surface area contributed by atoms with E-state index >= 15 is 0 Å². The van der Waals surface area contributed by atoms with Crippen LogP contribution in [0, 0.1) is 0 Å². The first-order chi connectivity index (χ1) is 10.4. The Morgan fingerprint density at radius 3 is 1.19 bits per heavy atom. The fraction of sp³-hybridized carbons (Fsp3) is 0.900. The SMILES string of the molecule is CCCCCCCCCCCCCCCCCCC=CCl. The van der Waals surface area contributed by atoms with Gasteiger partial charge in [-0.25, -0.2) is 0 Å². The van der Waals surface area contributed by atoms with E-state index in [1.54, 1.807) is 5.54 Å². The van der Waals surface area contributed by atoms with Crippen LogP contribution in [-0.2, 0) is 0 Å². The molecular formula is C20H39Cl. The summed E-state index contributed by atoms with van der Waals surface area (Å²) < 4.78 is 0. The molecule has 126 valence electrons. The molecule has 0 saturated heterocycles. The van der Waals surface area contributed by atoms with E-state index in [1.165, 1.54) is 103 Å². The van der Waals surface area contributed by atoms with Crippen molar-refractivity contribution in [2.45, 2.75) is 116 Å². The highest BCUT2D eigenvalue weighted by Gasteiger charge is 1.94. The minimum Gasteiger partial charge on any atom is -0.0933 e. The molecule has 0 bridgehead atoms. The molecule has 0 aromatic heterocycles. The highest BCUT2D eigenvalue weighted by Crippen LogP contribution is 2.14. The average Bonchev–Trinajstić information content (AvgIpc) is 2.50. The van der Waals surface area contributed by atoms with Crippen molar-refractivity contribution in [1.29, 1.82) is 0 Å². The first kappa shape index (κ1) is 21.0. The Morgan fingerprint density at radius 2 is 0.857 bits per heavy atom. The first-order valence-corrected chi connectivity index (χ1v) is 10.1. The Bertz CT molecular complexity index is 198. The lowest BCUT2D eigenvalue weighted by atomic mass is 10.0. The molecule has 0 radical (unpaired) electrons. The fourth-order valence-electron chi connectivity index (χ4n) is 2.87. The number of hydrogen-bond donors (Lipinski definition) is 0. The van der Waals surface area contributed by atoms with Gasteiger partial charge in [0.25, 0.3) is 0 Å². The minimum absolute atomic E-state index is 1.15. The summed E-state index contributed by atoms with van der Waals surface area (Å²) in [5.41, 5.74) is 1.64. The fourth-order valence-corrected chi connectivity index (χ4v) is 3.00. The summed E-state index contributed by atoms with van der Waals surface area (Å²) in [6, 6.07) is 0. The molecule has 0 heterocycles. The van der Waals surface area contributed by atoms with Gasteiger partial charge < -0.3 is 0 Å².